The molecule has 0 aliphatic carbocycles. The van der Waals surface area contributed by atoms with E-state index in [1.165, 1.54) is 24.7 Å². The smallest absolute Gasteiger partial charge is 0.167 e. The molecule has 1 heterocycles. The molecule has 0 atom stereocenters. The van der Waals surface area contributed by atoms with Crippen molar-refractivity contribution in [2.24, 2.45) is 0 Å². The van der Waals surface area contributed by atoms with E-state index < -0.39 is 0 Å². The lowest BCUT2D eigenvalue weighted by Gasteiger charge is -2.01. The van der Waals surface area contributed by atoms with Crippen LogP contribution in [0.25, 0.3) is 0 Å². The lowest BCUT2D eigenvalue weighted by Crippen LogP contribution is -2.03. The Bertz CT molecular complexity index is 501. The number of hydrogen-bond donors (Lipinski definition) is 0. The number of hydrogen-bond acceptors (Lipinski definition) is 2. The molecule has 0 aliphatic heterocycles. The van der Waals surface area contributed by atoms with Crippen LogP contribution in [-0.4, -0.2) is 5.78 Å². The van der Waals surface area contributed by atoms with Crippen molar-refractivity contribution in [1.29, 1.82) is 0 Å². The molecule has 0 spiro atoms. The van der Waals surface area contributed by atoms with Crippen LogP contribution in [0, 0.1) is 12.7 Å². The largest absolute Gasteiger partial charge is 0.472 e. The maximum absolute atomic E-state index is 13.0. The summed E-state index contributed by atoms with van der Waals surface area (Å²) in [7, 11) is 0. The van der Waals surface area contributed by atoms with Gasteiger partial charge in [0.15, 0.2) is 5.78 Å². The molecule has 0 fully saturated rings. The molecule has 2 nitrogen and oxygen atoms in total. The highest BCUT2D eigenvalue weighted by Gasteiger charge is 2.09. The molecular weight excluding hydrogens is 207 g/mol. The first kappa shape index (κ1) is 10.6. The van der Waals surface area contributed by atoms with Gasteiger partial charge in [-0.1, -0.05) is 0 Å². The lowest BCUT2D eigenvalue weighted by molar-refractivity contribution is 0.0992. The Hall–Kier alpha value is -1.90. The van der Waals surface area contributed by atoms with Gasteiger partial charge >= 0.3 is 0 Å². The third-order valence-corrected chi connectivity index (χ3v) is 2.42. The fourth-order valence-corrected chi connectivity index (χ4v) is 1.50. The molecule has 0 bridgehead atoms. The van der Waals surface area contributed by atoms with E-state index in [9.17, 15) is 9.18 Å². The summed E-state index contributed by atoms with van der Waals surface area (Å²) in [5.41, 5.74) is 1.84. The van der Waals surface area contributed by atoms with Crippen molar-refractivity contribution in [1.82, 2.24) is 0 Å². The monoisotopic (exact) mass is 218 g/mol. The first-order chi connectivity index (χ1) is 7.66. The van der Waals surface area contributed by atoms with Crippen LogP contribution in [0.2, 0.25) is 0 Å². The highest BCUT2D eigenvalue weighted by molar-refractivity contribution is 5.97. The van der Waals surface area contributed by atoms with Crippen LogP contribution >= 0.6 is 0 Å². The number of aryl methyl sites for hydroxylation is 1. The van der Waals surface area contributed by atoms with Crippen molar-refractivity contribution in [2.45, 2.75) is 13.3 Å². The Balaban J connectivity index is 2.18. The number of furan rings is 1. The fraction of sp³-hybridized carbons (Fsp3) is 0.154. The van der Waals surface area contributed by atoms with Gasteiger partial charge in [0, 0.05) is 12.0 Å². The summed E-state index contributed by atoms with van der Waals surface area (Å²) in [5, 5.41) is 0. The highest BCUT2D eigenvalue weighted by Crippen LogP contribution is 2.12. The molecule has 0 radical (unpaired) electrons. The molecule has 0 saturated heterocycles. The molecule has 16 heavy (non-hydrogen) atoms. The van der Waals surface area contributed by atoms with E-state index in [0.717, 1.165) is 5.56 Å². The molecule has 2 rings (SSSR count). The molecule has 0 aliphatic rings. The zero-order chi connectivity index (χ0) is 11.5. The van der Waals surface area contributed by atoms with Crippen LogP contribution in [0.4, 0.5) is 4.39 Å². The number of carbonyl (C=O) groups is 1. The molecule has 0 N–H and O–H groups in total. The van der Waals surface area contributed by atoms with Gasteiger partial charge in [0.25, 0.3) is 0 Å². The van der Waals surface area contributed by atoms with Gasteiger partial charge in [-0.15, -0.1) is 0 Å². The number of Topliss-reactive ketones (excluding diaryl/α,β-unsaturated/α-hetero) is 1. The molecule has 0 unspecified atom stereocenters. The van der Waals surface area contributed by atoms with Crippen LogP contribution < -0.4 is 0 Å². The SMILES string of the molecule is Cc1cc(C(=O)Cc2ccoc2)ccc1F. The second-order valence-electron chi connectivity index (χ2n) is 3.70. The quantitative estimate of drug-likeness (QED) is 0.741. The number of ketones is 1. The zero-order valence-corrected chi connectivity index (χ0v) is 8.87. The van der Waals surface area contributed by atoms with Gasteiger partial charge in [-0.2, -0.15) is 0 Å². The van der Waals surface area contributed by atoms with E-state index in [0.29, 0.717) is 11.1 Å². The minimum absolute atomic E-state index is 0.0375. The van der Waals surface area contributed by atoms with Crippen LogP contribution in [0.1, 0.15) is 21.5 Å². The third kappa shape index (κ3) is 2.19. The summed E-state index contributed by atoms with van der Waals surface area (Å²) in [6.45, 7) is 1.64. The normalized spacial score (nSPS) is 10.4. The molecular formula is C13H11FO2. The second kappa shape index (κ2) is 4.31. The van der Waals surface area contributed by atoms with Crippen LogP contribution in [0.15, 0.2) is 41.2 Å². The summed E-state index contributed by atoms with van der Waals surface area (Å²) in [6.07, 6.45) is 3.34. The predicted octanol–water partition coefficient (Wildman–Crippen LogP) is 3.15. The van der Waals surface area contributed by atoms with Gasteiger partial charge < -0.3 is 4.42 Å². The van der Waals surface area contributed by atoms with Gasteiger partial charge in [-0.05, 0) is 42.3 Å². The molecule has 1 aromatic heterocycles. The standard InChI is InChI=1S/C13H11FO2/c1-9-6-11(2-3-12(9)14)13(15)7-10-4-5-16-8-10/h2-6,8H,7H2,1H3. The molecule has 0 amide bonds. The zero-order valence-electron chi connectivity index (χ0n) is 8.87. The minimum Gasteiger partial charge on any atom is -0.472 e. The summed E-state index contributed by atoms with van der Waals surface area (Å²) in [4.78, 5) is 11.8. The third-order valence-electron chi connectivity index (χ3n) is 2.42. The van der Waals surface area contributed by atoms with Gasteiger partial charge in [0.2, 0.25) is 0 Å². The van der Waals surface area contributed by atoms with Crippen molar-refractivity contribution < 1.29 is 13.6 Å². The Morgan fingerprint density at radius 1 is 1.38 bits per heavy atom. The highest BCUT2D eigenvalue weighted by atomic mass is 19.1. The van der Waals surface area contributed by atoms with Crippen LogP contribution in [0.5, 0.6) is 0 Å². The Morgan fingerprint density at radius 3 is 2.81 bits per heavy atom. The number of rotatable bonds is 3. The second-order valence-corrected chi connectivity index (χ2v) is 3.70. The maximum Gasteiger partial charge on any atom is 0.167 e. The van der Waals surface area contributed by atoms with Crippen molar-refractivity contribution >= 4 is 5.78 Å². The van der Waals surface area contributed by atoms with Gasteiger partial charge in [-0.3, -0.25) is 4.79 Å². The van der Waals surface area contributed by atoms with Crippen molar-refractivity contribution in [2.75, 3.05) is 0 Å². The number of carbonyl (C=O) groups excluding carboxylic acids is 1. The number of benzene rings is 1. The Kier molecular flexibility index (Phi) is 2.86. The average Bonchev–Trinajstić information content (AvgIpc) is 2.74. The summed E-state index contributed by atoms with van der Waals surface area (Å²) in [5.74, 6) is -0.329. The van der Waals surface area contributed by atoms with Crippen molar-refractivity contribution in [3.63, 3.8) is 0 Å². The first-order valence-corrected chi connectivity index (χ1v) is 4.97. The van der Waals surface area contributed by atoms with Crippen molar-refractivity contribution in [3.05, 3.63) is 59.3 Å². The van der Waals surface area contributed by atoms with Crippen molar-refractivity contribution in [3.8, 4) is 0 Å². The average molecular weight is 218 g/mol. The van der Waals surface area contributed by atoms with Crippen LogP contribution in [0.3, 0.4) is 0 Å². The molecule has 82 valence electrons. The van der Waals surface area contributed by atoms with E-state index in [1.54, 1.807) is 19.1 Å². The van der Waals surface area contributed by atoms with E-state index in [2.05, 4.69) is 0 Å². The van der Waals surface area contributed by atoms with Crippen LogP contribution in [-0.2, 0) is 6.42 Å². The van der Waals surface area contributed by atoms with E-state index in [1.807, 2.05) is 0 Å². The molecule has 3 heteroatoms. The summed E-state index contributed by atoms with van der Waals surface area (Å²) in [6, 6.07) is 6.13. The molecule has 0 saturated carbocycles. The van der Waals surface area contributed by atoms with Gasteiger partial charge in [0.05, 0.1) is 12.5 Å². The Morgan fingerprint density at radius 2 is 2.19 bits per heavy atom. The lowest BCUT2D eigenvalue weighted by atomic mass is 10.0. The predicted molar refractivity (Wildman–Crippen MR) is 57.9 cm³/mol. The maximum atomic E-state index is 13.0. The summed E-state index contributed by atoms with van der Waals surface area (Å²) >= 11 is 0. The van der Waals surface area contributed by atoms with E-state index in [4.69, 9.17) is 4.42 Å². The topological polar surface area (TPSA) is 30.2 Å². The van der Waals surface area contributed by atoms with E-state index >= 15 is 0 Å². The molecule has 1 aromatic carbocycles. The molecule has 2 aromatic rings. The fourth-order valence-electron chi connectivity index (χ4n) is 1.50. The summed E-state index contributed by atoms with van der Waals surface area (Å²) < 4.78 is 17.9. The first-order valence-electron chi connectivity index (χ1n) is 4.97. The Labute approximate surface area is 92.7 Å². The van der Waals surface area contributed by atoms with Gasteiger partial charge in [0.1, 0.15) is 5.82 Å². The van der Waals surface area contributed by atoms with Gasteiger partial charge in [-0.25, -0.2) is 4.39 Å². The number of halogens is 1. The minimum atomic E-state index is -0.292. The van der Waals surface area contributed by atoms with E-state index in [-0.39, 0.29) is 18.0 Å².